The van der Waals surface area contributed by atoms with Crippen molar-refractivity contribution < 1.29 is 14.3 Å². The van der Waals surface area contributed by atoms with Crippen molar-refractivity contribution in [1.82, 2.24) is 10.2 Å². The van der Waals surface area contributed by atoms with Gasteiger partial charge in [-0.3, -0.25) is 9.59 Å². The molecule has 0 bridgehead atoms. The van der Waals surface area contributed by atoms with Crippen LogP contribution in [0.25, 0.3) is 0 Å². The van der Waals surface area contributed by atoms with Gasteiger partial charge < -0.3 is 15.0 Å². The van der Waals surface area contributed by atoms with Gasteiger partial charge in [0.25, 0.3) is 5.91 Å². The van der Waals surface area contributed by atoms with Gasteiger partial charge in [-0.1, -0.05) is 60.1 Å². The lowest BCUT2D eigenvalue weighted by Crippen LogP contribution is -2.52. The Balaban J connectivity index is 1.94. The van der Waals surface area contributed by atoms with Crippen molar-refractivity contribution in [2.24, 2.45) is 0 Å². The third kappa shape index (κ3) is 7.59. The van der Waals surface area contributed by atoms with E-state index >= 15 is 0 Å². The Morgan fingerprint density at radius 1 is 0.944 bits per heavy atom. The molecule has 1 N–H and O–H groups in total. The predicted molar refractivity (Wildman–Crippen MR) is 145 cm³/mol. The molecule has 1 atom stereocenters. The first-order chi connectivity index (χ1) is 17.1. The summed E-state index contributed by atoms with van der Waals surface area (Å²) < 4.78 is 6.01. The molecule has 36 heavy (non-hydrogen) atoms. The highest BCUT2D eigenvalue weighted by Crippen LogP contribution is 2.24. The molecular formula is C30H35ClN2O3. The quantitative estimate of drug-likeness (QED) is 0.377. The van der Waals surface area contributed by atoms with Gasteiger partial charge >= 0.3 is 0 Å². The normalized spacial score (nSPS) is 11.8. The van der Waals surface area contributed by atoms with Crippen molar-refractivity contribution in [3.05, 3.63) is 99.6 Å². The second kappa shape index (κ2) is 12.6. The molecule has 0 spiro atoms. The fourth-order valence-electron chi connectivity index (χ4n) is 4.14. The van der Waals surface area contributed by atoms with Gasteiger partial charge in [-0.25, -0.2) is 0 Å². The maximum Gasteiger partial charge on any atom is 0.261 e. The highest BCUT2D eigenvalue weighted by atomic mass is 35.5. The third-order valence-electron chi connectivity index (χ3n) is 6.06. The SMILES string of the molecule is Cc1cc(C)c(C)c(OCC(=O)N(Cc2cccc(Cl)c2)C(Cc2ccccc2)C(=O)NC(C)C)c1. The number of nitrogens with one attached hydrogen (secondary N) is 1. The van der Waals surface area contributed by atoms with Gasteiger partial charge in [0.15, 0.2) is 6.61 Å². The molecule has 0 saturated heterocycles. The molecule has 6 heteroatoms. The Bertz CT molecular complexity index is 1190. The standard InChI is InChI=1S/C30H35ClN2O3/c1-20(2)32-30(35)27(17-24-10-7-6-8-11-24)33(18-25-12-9-13-26(31)16-25)29(34)19-36-28-15-21(3)14-22(4)23(28)5/h6-16,20,27H,17-19H2,1-5H3,(H,32,35). The highest BCUT2D eigenvalue weighted by molar-refractivity contribution is 6.30. The summed E-state index contributed by atoms with van der Waals surface area (Å²) in [6.07, 6.45) is 0.383. The zero-order chi connectivity index (χ0) is 26.2. The molecule has 0 radical (unpaired) electrons. The van der Waals surface area contributed by atoms with Crippen molar-refractivity contribution >= 4 is 23.4 Å². The second-order valence-electron chi connectivity index (χ2n) is 9.51. The summed E-state index contributed by atoms with van der Waals surface area (Å²) in [6, 6.07) is 20.3. The number of carbonyl (C=O) groups is 2. The molecule has 3 aromatic carbocycles. The Morgan fingerprint density at radius 2 is 1.64 bits per heavy atom. The summed E-state index contributed by atoms with van der Waals surface area (Å²) in [5.74, 6) is 0.204. The summed E-state index contributed by atoms with van der Waals surface area (Å²) in [4.78, 5) is 28.7. The zero-order valence-electron chi connectivity index (χ0n) is 21.7. The number of amides is 2. The van der Waals surface area contributed by atoms with Gasteiger partial charge in [-0.2, -0.15) is 0 Å². The molecule has 3 aromatic rings. The van der Waals surface area contributed by atoms with Gasteiger partial charge in [0.1, 0.15) is 11.8 Å². The average Bonchev–Trinajstić information content (AvgIpc) is 2.82. The van der Waals surface area contributed by atoms with Crippen LogP contribution in [-0.4, -0.2) is 35.4 Å². The van der Waals surface area contributed by atoms with E-state index in [0.717, 1.165) is 27.8 Å². The third-order valence-corrected chi connectivity index (χ3v) is 6.29. The lowest BCUT2D eigenvalue weighted by molar-refractivity contribution is -0.143. The molecule has 0 fully saturated rings. The number of nitrogens with zero attached hydrogens (tertiary/aromatic N) is 1. The molecular weight excluding hydrogens is 472 g/mol. The first-order valence-electron chi connectivity index (χ1n) is 12.2. The number of benzene rings is 3. The van der Waals surface area contributed by atoms with Crippen LogP contribution < -0.4 is 10.1 Å². The van der Waals surface area contributed by atoms with Crippen molar-refractivity contribution in [2.75, 3.05) is 6.61 Å². The summed E-state index contributed by atoms with van der Waals surface area (Å²) in [5.41, 5.74) is 4.97. The van der Waals surface area contributed by atoms with Crippen LogP contribution >= 0.6 is 11.6 Å². The van der Waals surface area contributed by atoms with Gasteiger partial charge in [0.05, 0.1) is 0 Å². The van der Waals surface area contributed by atoms with E-state index in [1.54, 1.807) is 11.0 Å². The minimum absolute atomic E-state index is 0.0620. The second-order valence-corrected chi connectivity index (χ2v) is 9.95. The molecule has 0 aliphatic rings. The number of ether oxygens (including phenoxy) is 1. The van der Waals surface area contributed by atoms with Crippen molar-refractivity contribution in [3.63, 3.8) is 0 Å². The summed E-state index contributed by atoms with van der Waals surface area (Å²) in [5, 5.41) is 3.57. The number of halogens is 1. The van der Waals surface area contributed by atoms with E-state index in [-0.39, 0.29) is 31.0 Å². The minimum Gasteiger partial charge on any atom is -0.483 e. The topological polar surface area (TPSA) is 58.6 Å². The minimum atomic E-state index is -0.717. The number of hydrogen-bond acceptors (Lipinski definition) is 3. The Kier molecular flexibility index (Phi) is 9.54. The van der Waals surface area contributed by atoms with Crippen LogP contribution in [-0.2, 0) is 22.6 Å². The monoisotopic (exact) mass is 506 g/mol. The molecule has 0 aromatic heterocycles. The average molecular weight is 507 g/mol. The van der Waals surface area contributed by atoms with Gasteiger partial charge in [-0.05, 0) is 80.6 Å². The molecule has 0 heterocycles. The van der Waals surface area contributed by atoms with Crippen molar-refractivity contribution in [3.8, 4) is 5.75 Å². The number of carbonyl (C=O) groups excluding carboxylic acids is 2. The van der Waals surface area contributed by atoms with E-state index in [0.29, 0.717) is 17.2 Å². The number of hydrogen-bond donors (Lipinski definition) is 1. The van der Waals surface area contributed by atoms with E-state index in [1.807, 2.05) is 89.2 Å². The van der Waals surface area contributed by atoms with E-state index in [4.69, 9.17) is 16.3 Å². The lowest BCUT2D eigenvalue weighted by atomic mass is 10.0. The van der Waals surface area contributed by atoms with Crippen LogP contribution in [0.1, 0.15) is 41.7 Å². The molecule has 0 saturated carbocycles. The van der Waals surface area contributed by atoms with Gasteiger partial charge in [0, 0.05) is 24.0 Å². The first kappa shape index (κ1) is 27.3. The Labute approximate surface area is 219 Å². The fraction of sp³-hybridized carbons (Fsp3) is 0.333. The van der Waals surface area contributed by atoms with Crippen LogP contribution in [0, 0.1) is 20.8 Å². The molecule has 3 rings (SSSR count). The fourth-order valence-corrected chi connectivity index (χ4v) is 4.35. The Hall–Kier alpha value is -3.31. The van der Waals surface area contributed by atoms with Crippen LogP contribution in [0.15, 0.2) is 66.7 Å². The number of aryl methyl sites for hydroxylation is 2. The maximum absolute atomic E-state index is 13.7. The lowest BCUT2D eigenvalue weighted by Gasteiger charge is -2.32. The van der Waals surface area contributed by atoms with E-state index in [1.165, 1.54) is 0 Å². The zero-order valence-corrected chi connectivity index (χ0v) is 22.4. The van der Waals surface area contributed by atoms with Crippen molar-refractivity contribution in [1.29, 1.82) is 0 Å². The van der Waals surface area contributed by atoms with Crippen LogP contribution in [0.4, 0.5) is 0 Å². The smallest absolute Gasteiger partial charge is 0.261 e. The molecule has 0 aliphatic heterocycles. The van der Waals surface area contributed by atoms with Crippen LogP contribution in [0.2, 0.25) is 5.02 Å². The number of rotatable bonds is 10. The summed E-state index contributed by atoms with van der Waals surface area (Å²) in [6.45, 7) is 9.88. The van der Waals surface area contributed by atoms with Gasteiger partial charge in [0.2, 0.25) is 5.91 Å². The van der Waals surface area contributed by atoms with Crippen LogP contribution in [0.3, 0.4) is 0 Å². The molecule has 5 nitrogen and oxygen atoms in total. The Morgan fingerprint density at radius 3 is 2.31 bits per heavy atom. The molecule has 1 unspecified atom stereocenters. The molecule has 0 aliphatic carbocycles. The summed E-state index contributed by atoms with van der Waals surface area (Å²) >= 11 is 6.23. The predicted octanol–water partition coefficient (Wildman–Crippen LogP) is 5.81. The van der Waals surface area contributed by atoms with E-state index in [9.17, 15) is 9.59 Å². The largest absolute Gasteiger partial charge is 0.483 e. The maximum atomic E-state index is 13.7. The van der Waals surface area contributed by atoms with Crippen LogP contribution in [0.5, 0.6) is 5.75 Å². The highest BCUT2D eigenvalue weighted by Gasteiger charge is 2.31. The van der Waals surface area contributed by atoms with Gasteiger partial charge in [-0.15, -0.1) is 0 Å². The van der Waals surface area contributed by atoms with Crippen molar-refractivity contribution in [2.45, 2.75) is 59.7 Å². The molecule has 190 valence electrons. The van der Waals surface area contributed by atoms with E-state index < -0.39 is 6.04 Å². The summed E-state index contributed by atoms with van der Waals surface area (Å²) in [7, 11) is 0. The first-order valence-corrected chi connectivity index (χ1v) is 12.6. The molecule has 2 amide bonds. The van der Waals surface area contributed by atoms with E-state index in [2.05, 4.69) is 11.4 Å².